The number of pyridine rings is 1. The van der Waals surface area contributed by atoms with Crippen LogP contribution in [0.5, 0.6) is 0 Å². The molecule has 0 fully saturated rings. The lowest BCUT2D eigenvalue weighted by molar-refractivity contribution is 0.0950. The van der Waals surface area contributed by atoms with Crippen LogP contribution in [0.1, 0.15) is 27.2 Å². The summed E-state index contributed by atoms with van der Waals surface area (Å²) in [4.78, 5) is 29.0. The Morgan fingerprint density at radius 1 is 1.29 bits per heavy atom. The van der Waals surface area contributed by atoms with Gasteiger partial charge in [-0.15, -0.1) is 11.3 Å². The number of rotatable bonds is 5. The van der Waals surface area contributed by atoms with Gasteiger partial charge in [0.1, 0.15) is 10.8 Å². The van der Waals surface area contributed by atoms with Crippen LogP contribution in [0.15, 0.2) is 63.9 Å². The quantitative estimate of drug-likeness (QED) is 0.460. The summed E-state index contributed by atoms with van der Waals surface area (Å²) in [7, 11) is 0. The molecule has 28 heavy (non-hydrogen) atoms. The van der Waals surface area contributed by atoms with Crippen molar-refractivity contribution >= 4 is 38.9 Å². The third-order valence-corrected chi connectivity index (χ3v) is 5.47. The summed E-state index contributed by atoms with van der Waals surface area (Å²) >= 11 is 7.25. The molecule has 4 aromatic rings. The molecule has 0 saturated carbocycles. The number of benzene rings is 1. The van der Waals surface area contributed by atoms with Crippen LogP contribution in [0.3, 0.4) is 0 Å². The molecule has 3 heterocycles. The van der Waals surface area contributed by atoms with Crippen molar-refractivity contribution < 1.29 is 9.21 Å². The molecule has 1 aromatic carbocycles. The fourth-order valence-corrected chi connectivity index (χ4v) is 3.92. The van der Waals surface area contributed by atoms with Crippen molar-refractivity contribution in [2.75, 3.05) is 0 Å². The van der Waals surface area contributed by atoms with Gasteiger partial charge in [-0.05, 0) is 36.4 Å². The maximum atomic E-state index is 12.8. The minimum Gasteiger partial charge on any atom is -0.456 e. The van der Waals surface area contributed by atoms with Gasteiger partial charge in [0.05, 0.1) is 22.8 Å². The van der Waals surface area contributed by atoms with Gasteiger partial charge < -0.3 is 8.98 Å². The Hall–Kier alpha value is -3.21. The topological polar surface area (TPSA) is 88.9 Å². The molecular weight excluding hydrogens is 398 g/mol. The van der Waals surface area contributed by atoms with Crippen molar-refractivity contribution in [3.05, 3.63) is 86.6 Å². The van der Waals surface area contributed by atoms with E-state index in [1.54, 1.807) is 42.6 Å². The number of carbonyl (C=O) groups excluding carboxylic acids is 1. The fourth-order valence-electron chi connectivity index (χ4n) is 2.76. The Labute approximate surface area is 168 Å². The van der Waals surface area contributed by atoms with Gasteiger partial charge in [-0.3, -0.25) is 9.59 Å². The predicted octanol–water partition coefficient (Wildman–Crippen LogP) is 4.24. The van der Waals surface area contributed by atoms with Crippen LogP contribution in [0.2, 0.25) is 5.02 Å². The van der Waals surface area contributed by atoms with E-state index in [9.17, 15) is 14.9 Å². The normalized spacial score (nSPS) is 12.0. The molecule has 0 aliphatic heterocycles. The van der Waals surface area contributed by atoms with E-state index in [1.807, 2.05) is 6.07 Å². The lowest BCUT2D eigenvalue weighted by Gasteiger charge is -2.03. The number of hydrogen-bond acceptors (Lipinski definition) is 6. The van der Waals surface area contributed by atoms with Crippen LogP contribution >= 0.6 is 22.9 Å². The first kappa shape index (κ1) is 18.2. The zero-order chi connectivity index (χ0) is 19.7. The van der Waals surface area contributed by atoms with Gasteiger partial charge >= 0.3 is 0 Å². The van der Waals surface area contributed by atoms with Gasteiger partial charge in [-0.2, -0.15) is 5.26 Å². The molecule has 8 heteroatoms. The second-order valence-electron chi connectivity index (χ2n) is 6.02. The molecule has 4 rings (SSSR count). The zero-order valence-electron chi connectivity index (χ0n) is 14.3. The minimum atomic E-state index is -1.07. The predicted molar refractivity (Wildman–Crippen MR) is 106 cm³/mol. The SMILES string of the molecule is N#CC(C(=O)c1ccc(Cn2ccccc2=O)o1)c1nc2cc(Cl)ccc2s1. The summed E-state index contributed by atoms with van der Waals surface area (Å²) in [5.74, 6) is -1.04. The molecule has 0 aliphatic carbocycles. The molecular formula is C20H12ClN3O3S. The standard InChI is InChI=1S/C20H12ClN3O3S/c21-12-4-7-17-15(9-12)23-20(28-17)14(10-22)19(26)16-6-5-13(27-16)11-24-8-2-1-3-18(24)25/h1-9,14H,11H2. The van der Waals surface area contributed by atoms with Crippen molar-refractivity contribution in [2.45, 2.75) is 12.5 Å². The number of nitrogens with zero attached hydrogens (tertiary/aromatic N) is 3. The average Bonchev–Trinajstić information content (AvgIpc) is 3.30. The van der Waals surface area contributed by atoms with E-state index in [0.717, 1.165) is 4.70 Å². The second-order valence-corrected chi connectivity index (χ2v) is 7.52. The molecule has 138 valence electrons. The average molecular weight is 410 g/mol. The number of carbonyl (C=O) groups is 1. The molecule has 1 unspecified atom stereocenters. The van der Waals surface area contributed by atoms with Crippen LogP contribution in [-0.4, -0.2) is 15.3 Å². The van der Waals surface area contributed by atoms with Crippen molar-refractivity contribution in [3.63, 3.8) is 0 Å². The van der Waals surface area contributed by atoms with E-state index in [0.29, 0.717) is 21.3 Å². The highest BCUT2D eigenvalue weighted by molar-refractivity contribution is 7.18. The summed E-state index contributed by atoms with van der Waals surface area (Å²) < 4.78 is 7.91. The van der Waals surface area contributed by atoms with Crippen LogP contribution in [0.25, 0.3) is 10.2 Å². The molecule has 1 atom stereocenters. The van der Waals surface area contributed by atoms with Gasteiger partial charge in [0.15, 0.2) is 11.7 Å². The van der Waals surface area contributed by atoms with Crippen molar-refractivity contribution in [2.24, 2.45) is 0 Å². The van der Waals surface area contributed by atoms with E-state index >= 15 is 0 Å². The van der Waals surface area contributed by atoms with E-state index < -0.39 is 11.7 Å². The highest BCUT2D eigenvalue weighted by atomic mass is 35.5. The van der Waals surface area contributed by atoms with E-state index in [-0.39, 0.29) is 17.9 Å². The van der Waals surface area contributed by atoms with Crippen LogP contribution in [0, 0.1) is 11.3 Å². The summed E-state index contributed by atoms with van der Waals surface area (Å²) in [5, 5.41) is 10.5. The fraction of sp³-hybridized carbons (Fsp3) is 0.100. The highest BCUT2D eigenvalue weighted by Gasteiger charge is 2.28. The Kier molecular flexibility index (Phi) is 4.82. The van der Waals surface area contributed by atoms with Crippen LogP contribution < -0.4 is 5.56 Å². The number of fused-ring (bicyclic) bond motifs is 1. The van der Waals surface area contributed by atoms with E-state index in [2.05, 4.69) is 4.98 Å². The maximum Gasteiger partial charge on any atom is 0.250 e. The van der Waals surface area contributed by atoms with Crippen LogP contribution in [-0.2, 0) is 6.54 Å². The molecule has 0 radical (unpaired) electrons. The molecule has 0 aliphatic rings. The number of thiazole rings is 1. The number of furan rings is 1. The van der Waals surface area contributed by atoms with Crippen molar-refractivity contribution in [1.82, 2.24) is 9.55 Å². The number of hydrogen-bond donors (Lipinski definition) is 0. The number of aromatic nitrogens is 2. The number of halogens is 1. The number of ketones is 1. The maximum absolute atomic E-state index is 12.8. The van der Waals surface area contributed by atoms with Gasteiger partial charge in [-0.1, -0.05) is 17.7 Å². The van der Waals surface area contributed by atoms with E-state index in [1.165, 1.54) is 28.0 Å². The largest absolute Gasteiger partial charge is 0.456 e. The van der Waals surface area contributed by atoms with Gasteiger partial charge in [0.2, 0.25) is 5.78 Å². The van der Waals surface area contributed by atoms with Crippen molar-refractivity contribution in [1.29, 1.82) is 5.26 Å². The molecule has 6 nitrogen and oxygen atoms in total. The monoisotopic (exact) mass is 409 g/mol. The lowest BCUT2D eigenvalue weighted by Crippen LogP contribution is -2.17. The summed E-state index contributed by atoms with van der Waals surface area (Å²) in [6.45, 7) is 0.198. The van der Waals surface area contributed by atoms with Crippen molar-refractivity contribution in [3.8, 4) is 6.07 Å². The minimum absolute atomic E-state index is 0.0582. The smallest absolute Gasteiger partial charge is 0.250 e. The Morgan fingerprint density at radius 2 is 2.14 bits per heavy atom. The molecule has 0 bridgehead atoms. The Morgan fingerprint density at radius 3 is 2.93 bits per heavy atom. The number of nitriles is 1. The molecule has 0 N–H and O–H groups in total. The first-order valence-corrected chi connectivity index (χ1v) is 9.48. The Bertz CT molecular complexity index is 1280. The first-order chi connectivity index (χ1) is 13.5. The summed E-state index contributed by atoms with van der Waals surface area (Å²) in [5.41, 5.74) is 0.471. The van der Waals surface area contributed by atoms with Crippen LogP contribution in [0.4, 0.5) is 0 Å². The summed E-state index contributed by atoms with van der Waals surface area (Å²) in [6, 6.07) is 15.2. The third-order valence-electron chi connectivity index (χ3n) is 4.13. The summed E-state index contributed by atoms with van der Waals surface area (Å²) in [6.07, 6.45) is 1.64. The molecule has 3 aromatic heterocycles. The molecule has 0 saturated heterocycles. The first-order valence-electron chi connectivity index (χ1n) is 8.29. The third kappa shape index (κ3) is 3.48. The zero-order valence-corrected chi connectivity index (χ0v) is 15.9. The van der Waals surface area contributed by atoms with Gasteiger partial charge in [-0.25, -0.2) is 4.98 Å². The molecule has 0 spiro atoms. The molecule has 0 amide bonds. The van der Waals surface area contributed by atoms with Gasteiger partial charge in [0.25, 0.3) is 5.56 Å². The second kappa shape index (κ2) is 7.43. The highest BCUT2D eigenvalue weighted by Crippen LogP contribution is 2.31. The van der Waals surface area contributed by atoms with Gasteiger partial charge in [0, 0.05) is 17.3 Å². The Balaban J connectivity index is 1.60. The number of Topliss-reactive ketones (excluding diaryl/α,β-unsaturated/α-hetero) is 1. The lowest BCUT2D eigenvalue weighted by atomic mass is 10.1. The van der Waals surface area contributed by atoms with E-state index in [4.69, 9.17) is 16.0 Å².